The largest absolute Gasteiger partial charge is 0.497 e. The minimum Gasteiger partial charge on any atom is -0.497 e. The molecule has 3 amide bonds. The van der Waals surface area contributed by atoms with Crippen LogP contribution in [0.2, 0.25) is 0 Å². The van der Waals surface area contributed by atoms with Crippen molar-refractivity contribution in [1.82, 2.24) is 9.80 Å². The lowest BCUT2D eigenvalue weighted by molar-refractivity contribution is -0.137. The van der Waals surface area contributed by atoms with Crippen molar-refractivity contribution >= 4 is 23.4 Å². The summed E-state index contributed by atoms with van der Waals surface area (Å²) in [7, 11) is 1.57. The van der Waals surface area contributed by atoms with Crippen LogP contribution in [0.5, 0.6) is 5.75 Å². The molecule has 2 heterocycles. The van der Waals surface area contributed by atoms with Gasteiger partial charge in [-0.3, -0.25) is 14.4 Å². The molecule has 1 unspecified atom stereocenters. The van der Waals surface area contributed by atoms with Crippen LogP contribution >= 0.6 is 0 Å². The van der Waals surface area contributed by atoms with Crippen molar-refractivity contribution in [3.63, 3.8) is 0 Å². The average Bonchev–Trinajstić information content (AvgIpc) is 3.19. The van der Waals surface area contributed by atoms with Crippen molar-refractivity contribution in [3.8, 4) is 5.75 Å². The molecule has 2 aromatic carbocycles. The molecule has 0 aromatic heterocycles. The van der Waals surface area contributed by atoms with E-state index in [1.54, 1.807) is 60.2 Å². The molecule has 1 atom stereocenters. The van der Waals surface area contributed by atoms with Gasteiger partial charge in [-0.05, 0) is 48.9 Å². The van der Waals surface area contributed by atoms with E-state index < -0.39 is 11.7 Å². The monoisotopic (exact) mass is 439 g/mol. The number of rotatable bonds is 4. The van der Waals surface area contributed by atoms with Crippen LogP contribution in [-0.2, 0) is 9.59 Å². The number of amides is 3. The second kappa shape index (κ2) is 8.98. The Morgan fingerprint density at radius 3 is 2.28 bits per heavy atom. The normalized spacial score (nSPS) is 18.8. The fourth-order valence-electron chi connectivity index (χ4n) is 4.24. The standard InChI is InChI=1S/C24H26FN3O4/c1-16-3-8-21(20(25)13-16)28-15-18(14-22(28)29)24(31)27-11-9-26(10-12-27)23(30)17-4-6-19(32-2)7-5-17/h3-8,13,18H,9-12,14-15H2,1-2H3. The molecule has 2 aliphatic rings. The van der Waals surface area contributed by atoms with E-state index in [9.17, 15) is 18.8 Å². The predicted molar refractivity (Wildman–Crippen MR) is 117 cm³/mol. The third-order valence-corrected chi connectivity index (χ3v) is 6.08. The van der Waals surface area contributed by atoms with E-state index in [1.807, 2.05) is 0 Å². The number of anilines is 1. The molecule has 4 rings (SSSR count). The van der Waals surface area contributed by atoms with Crippen molar-refractivity contribution in [2.45, 2.75) is 13.3 Å². The Bertz CT molecular complexity index is 1030. The molecule has 8 heteroatoms. The van der Waals surface area contributed by atoms with Crippen molar-refractivity contribution in [2.75, 3.05) is 44.7 Å². The summed E-state index contributed by atoms with van der Waals surface area (Å²) in [4.78, 5) is 43.0. The first-order valence-electron chi connectivity index (χ1n) is 10.7. The highest BCUT2D eigenvalue weighted by molar-refractivity contribution is 6.00. The van der Waals surface area contributed by atoms with Gasteiger partial charge in [0.1, 0.15) is 11.6 Å². The number of nitrogens with zero attached hydrogens (tertiary/aromatic N) is 3. The molecule has 2 aliphatic heterocycles. The molecule has 0 saturated carbocycles. The molecule has 2 fully saturated rings. The second-order valence-corrected chi connectivity index (χ2v) is 8.21. The minimum absolute atomic E-state index is 0.0666. The van der Waals surface area contributed by atoms with Crippen molar-refractivity contribution in [3.05, 3.63) is 59.4 Å². The number of piperazine rings is 1. The first-order valence-corrected chi connectivity index (χ1v) is 10.7. The van der Waals surface area contributed by atoms with Crippen molar-refractivity contribution in [1.29, 1.82) is 0 Å². The van der Waals surface area contributed by atoms with E-state index in [-0.39, 0.29) is 36.4 Å². The van der Waals surface area contributed by atoms with E-state index >= 15 is 0 Å². The summed E-state index contributed by atoms with van der Waals surface area (Å²) < 4.78 is 19.4. The number of carbonyl (C=O) groups is 3. The maximum Gasteiger partial charge on any atom is 0.253 e. The lowest BCUT2D eigenvalue weighted by Gasteiger charge is -2.36. The molecule has 0 spiro atoms. The van der Waals surface area contributed by atoms with Crippen LogP contribution in [0.3, 0.4) is 0 Å². The van der Waals surface area contributed by atoms with Gasteiger partial charge in [-0.15, -0.1) is 0 Å². The van der Waals surface area contributed by atoms with E-state index in [0.29, 0.717) is 37.5 Å². The highest BCUT2D eigenvalue weighted by atomic mass is 19.1. The highest BCUT2D eigenvalue weighted by Crippen LogP contribution is 2.29. The van der Waals surface area contributed by atoms with Gasteiger partial charge >= 0.3 is 0 Å². The van der Waals surface area contributed by atoms with Gasteiger partial charge in [-0.2, -0.15) is 0 Å². The minimum atomic E-state index is -0.507. The molecular formula is C24H26FN3O4. The molecule has 0 N–H and O–H groups in total. The lowest BCUT2D eigenvalue weighted by Crippen LogP contribution is -2.52. The summed E-state index contributed by atoms with van der Waals surface area (Å²) in [6.07, 6.45) is 0.0666. The van der Waals surface area contributed by atoms with Crippen LogP contribution in [0.4, 0.5) is 10.1 Å². The Kier molecular flexibility index (Phi) is 6.12. The topological polar surface area (TPSA) is 70.2 Å². The van der Waals surface area contributed by atoms with Crippen LogP contribution in [0.25, 0.3) is 0 Å². The Morgan fingerprint density at radius 2 is 1.66 bits per heavy atom. The number of methoxy groups -OCH3 is 1. The van der Waals surface area contributed by atoms with Gasteiger partial charge in [0.05, 0.1) is 18.7 Å². The van der Waals surface area contributed by atoms with E-state index in [0.717, 1.165) is 5.56 Å². The summed E-state index contributed by atoms with van der Waals surface area (Å²) in [5.41, 5.74) is 1.56. The summed E-state index contributed by atoms with van der Waals surface area (Å²) in [6, 6.07) is 11.7. The van der Waals surface area contributed by atoms with Crippen LogP contribution in [0.15, 0.2) is 42.5 Å². The summed E-state index contributed by atoms with van der Waals surface area (Å²) in [5.74, 6) is -0.743. The zero-order chi connectivity index (χ0) is 22.8. The zero-order valence-corrected chi connectivity index (χ0v) is 18.2. The number of hydrogen-bond acceptors (Lipinski definition) is 4. The molecule has 2 saturated heterocycles. The molecule has 7 nitrogen and oxygen atoms in total. The molecule has 0 radical (unpaired) electrons. The number of hydrogen-bond donors (Lipinski definition) is 0. The molecule has 0 bridgehead atoms. The van der Waals surface area contributed by atoms with Crippen LogP contribution in [0, 0.1) is 18.7 Å². The second-order valence-electron chi connectivity index (χ2n) is 8.21. The van der Waals surface area contributed by atoms with Gasteiger partial charge in [-0.25, -0.2) is 4.39 Å². The molecule has 168 valence electrons. The fourth-order valence-corrected chi connectivity index (χ4v) is 4.24. The predicted octanol–water partition coefficient (Wildman–Crippen LogP) is 2.48. The third kappa shape index (κ3) is 4.30. The Morgan fingerprint density at radius 1 is 1.00 bits per heavy atom. The van der Waals surface area contributed by atoms with Gasteiger partial charge < -0.3 is 19.4 Å². The zero-order valence-electron chi connectivity index (χ0n) is 18.2. The van der Waals surface area contributed by atoms with E-state index in [1.165, 1.54) is 11.0 Å². The van der Waals surface area contributed by atoms with Crippen LogP contribution in [-0.4, -0.2) is 67.4 Å². The molecule has 2 aromatic rings. The van der Waals surface area contributed by atoms with E-state index in [4.69, 9.17) is 4.74 Å². The van der Waals surface area contributed by atoms with Gasteiger partial charge in [0, 0.05) is 44.7 Å². The Balaban J connectivity index is 1.35. The lowest BCUT2D eigenvalue weighted by atomic mass is 10.1. The summed E-state index contributed by atoms with van der Waals surface area (Å²) in [5, 5.41) is 0. The maximum absolute atomic E-state index is 14.3. The smallest absolute Gasteiger partial charge is 0.253 e. The quantitative estimate of drug-likeness (QED) is 0.734. The Hall–Kier alpha value is -3.42. The first-order chi connectivity index (χ1) is 15.4. The number of carbonyl (C=O) groups excluding carboxylic acids is 3. The van der Waals surface area contributed by atoms with E-state index in [2.05, 4.69) is 0 Å². The summed E-state index contributed by atoms with van der Waals surface area (Å²) in [6.45, 7) is 3.61. The number of ether oxygens (including phenoxy) is 1. The van der Waals surface area contributed by atoms with Gasteiger partial charge in [0.2, 0.25) is 11.8 Å². The summed E-state index contributed by atoms with van der Waals surface area (Å²) >= 11 is 0. The van der Waals surface area contributed by atoms with Gasteiger partial charge in [-0.1, -0.05) is 6.07 Å². The Labute approximate surface area is 186 Å². The highest BCUT2D eigenvalue weighted by Gasteiger charge is 2.39. The fraction of sp³-hybridized carbons (Fsp3) is 0.375. The molecule has 32 heavy (non-hydrogen) atoms. The first kappa shape index (κ1) is 21.8. The molecular weight excluding hydrogens is 413 g/mol. The maximum atomic E-state index is 14.3. The van der Waals surface area contributed by atoms with Crippen molar-refractivity contribution < 1.29 is 23.5 Å². The van der Waals surface area contributed by atoms with Crippen LogP contribution in [0.1, 0.15) is 22.3 Å². The third-order valence-electron chi connectivity index (χ3n) is 6.08. The average molecular weight is 439 g/mol. The molecule has 0 aliphatic carbocycles. The SMILES string of the molecule is COc1ccc(C(=O)N2CCN(C(=O)C3CC(=O)N(c4ccc(C)cc4F)C3)CC2)cc1. The number of aryl methyl sites for hydroxylation is 1. The van der Waals surface area contributed by atoms with Gasteiger partial charge in [0.25, 0.3) is 5.91 Å². The number of benzene rings is 2. The van der Waals surface area contributed by atoms with Crippen LogP contribution < -0.4 is 9.64 Å². The van der Waals surface area contributed by atoms with Gasteiger partial charge in [0.15, 0.2) is 0 Å². The number of halogens is 1. The van der Waals surface area contributed by atoms with Crippen molar-refractivity contribution in [2.24, 2.45) is 5.92 Å².